The standard InChI is InChI=1S/C23H24N2O5/c1-29-18-11-16(25(27)28)10-17-19-14-7-8-15(9-14)20(19)21(24-22(17)18)12-3-5-13(6-4-12)23(26)30-2/h3-6,10-11,14-15,19-21,24H,7-9H2,1-2H3/t14-,15-,19-,20-,21-/m0/s1. The lowest BCUT2D eigenvalue weighted by Gasteiger charge is -2.43. The maximum absolute atomic E-state index is 11.8. The summed E-state index contributed by atoms with van der Waals surface area (Å²) in [4.78, 5) is 23.0. The molecule has 5 rings (SSSR count). The summed E-state index contributed by atoms with van der Waals surface area (Å²) in [6, 6.07) is 10.9. The zero-order valence-electron chi connectivity index (χ0n) is 17.0. The van der Waals surface area contributed by atoms with Gasteiger partial charge in [0.2, 0.25) is 0 Å². The molecule has 156 valence electrons. The van der Waals surface area contributed by atoms with Crippen LogP contribution in [0.1, 0.15) is 52.7 Å². The molecule has 1 aliphatic heterocycles. The Bertz CT molecular complexity index is 1020. The Morgan fingerprint density at radius 3 is 2.53 bits per heavy atom. The second-order valence-corrected chi connectivity index (χ2v) is 8.54. The normalized spacial score (nSPS) is 28.3. The van der Waals surface area contributed by atoms with E-state index in [-0.39, 0.29) is 28.5 Å². The quantitative estimate of drug-likeness (QED) is 0.448. The van der Waals surface area contributed by atoms with E-state index < -0.39 is 0 Å². The first-order valence-electron chi connectivity index (χ1n) is 10.3. The second-order valence-electron chi connectivity index (χ2n) is 8.54. The molecule has 0 spiro atoms. The lowest BCUT2D eigenvalue weighted by atomic mass is 9.68. The Morgan fingerprint density at radius 2 is 1.87 bits per heavy atom. The van der Waals surface area contributed by atoms with Crippen molar-refractivity contribution in [2.45, 2.75) is 31.2 Å². The largest absolute Gasteiger partial charge is 0.494 e. The summed E-state index contributed by atoms with van der Waals surface area (Å²) in [6.07, 6.45) is 3.54. The van der Waals surface area contributed by atoms with Gasteiger partial charge in [0.25, 0.3) is 5.69 Å². The van der Waals surface area contributed by atoms with Gasteiger partial charge in [0, 0.05) is 6.07 Å². The highest BCUT2D eigenvalue weighted by molar-refractivity contribution is 5.89. The van der Waals surface area contributed by atoms with Crippen molar-refractivity contribution in [1.29, 1.82) is 0 Å². The van der Waals surface area contributed by atoms with Crippen molar-refractivity contribution in [3.05, 3.63) is 63.2 Å². The zero-order chi connectivity index (χ0) is 21.0. The summed E-state index contributed by atoms with van der Waals surface area (Å²) in [5.74, 6) is 1.94. The van der Waals surface area contributed by atoms with Crippen LogP contribution in [-0.4, -0.2) is 25.1 Å². The van der Waals surface area contributed by atoms with Crippen molar-refractivity contribution in [3.63, 3.8) is 0 Å². The van der Waals surface area contributed by atoms with Crippen molar-refractivity contribution in [3.8, 4) is 5.75 Å². The fraction of sp³-hybridized carbons (Fsp3) is 0.435. The zero-order valence-corrected chi connectivity index (χ0v) is 17.0. The van der Waals surface area contributed by atoms with E-state index in [4.69, 9.17) is 9.47 Å². The molecular weight excluding hydrogens is 384 g/mol. The van der Waals surface area contributed by atoms with Gasteiger partial charge in [0.05, 0.1) is 42.5 Å². The average molecular weight is 408 g/mol. The van der Waals surface area contributed by atoms with E-state index in [1.54, 1.807) is 25.3 Å². The molecular formula is C23H24N2O5. The number of methoxy groups -OCH3 is 2. The Balaban J connectivity index is 1.60. The van der Waals surface area contributed by atoms with Crippen LogP contribution in [0.3, 0.4) is 0 Å². The average Bonchev–Trinajstić information content (AvgIpc) is 3.40. The molecule has 0 amide bonds. The lowest BCUT2D eigenvalue weighted by molar-refractivity contribution is -0.385. The van der Waals surface area contributed by atoms with Crippen LogP contribution in [0.4, 0.5) is 11.4 Å². The SMILES string of the molecule is COC(=O)c1ccc([C@@H]2Nc3c(OC)cc([N+](=O)[O-])cc3[C@@H]3[C@H]4CC[C@@H](C4)[C@@H]32)cc1. The van der Waals surface area contributed by atoms with Crippen LogP contribution in [0.25, 0.3) is 0 Å². The van der Waals surface area contributed by atoms with E-state index in [1.807, 2.05) is 12.1 Å². The number of nitro groups is 1. The van der Waals surface area contributed by atoms with Crippen LogP contribution in [0.2, 0.25) is 0 Å². The van der Waals surface area contributed by atoms with E-state index >= 15 is 0 Å². The molecule has 1 N–H and O–H groups in total. The Morgan fingerprint density at radius 1 is 1.13 bits per heavy atom. The smallest absolute Gasteiger partial charge is 0.337 e. The Kier molecular flexibility index (Phi) is 4.41. The fourth-order valence-electron chi connectivity index (χ4n) is 6.08. The van der Waals surface area contributed by atoms with Gasteiger partial charge in [-0.05, 0) is 66.2 Å². The van der Waals surface area contributed by atoms with Gasteiger partial charge in [-0.1, -0.05) is 12.1 Å². The number of non-ortho nitro benzene ring substituents is 1. The number of carbonyl (C=O) groups is 1. The number of rotatable bonds is 4. The first-order valence-corrected chi connectivity index (χ1v) is 10.3. The van der Waals surface area contributed by atoms with Gasteiger partial charge >= 0.3 is 5.97 Å². The molecule has 0 saturated heterocycles. The number of nitrogens with zero attached hydrogens (tertiary/aromatic N) is 1. The molecule has 5 atom stereocenters. The molecule has 7 heteroatoms. The summed E-state index contributed by atoms with van der Waals surface area (Å²) in [5, 5.41) is 15.2. The third-order valence-corrected chi connectivity index (χ3v) is 7.26. The molecule has 2 fully saturated rings. The van der Waals surface area contributed by atoms with E-state index in [0.29, 0.717) is 29.1 Å². The number of benzene rings is 2. The van der Waals surface area contributed by atoms with Crippen LogP contribution in [-0.2, 0) is 4.74 Å². The van der Waals surface area contributed by atoms with Crippen LogP contribution < -0.4 is 10.1 Å². The monoisotopic (exact) mass is 408 g/mol. The lowest BCUT2D eigenvalue weighted by Crippen LogP contribution is -2.35. The Hall–Kier alpha value is -3.09. The molecule has 1 heterocycles. The molecule has 2 bridgehead atoms. The van der Waals surface area contributed by atoms with Crippen molar-refractivity contribution >= 4 is 17.3 Å². The molecule has 0 aromatic heterocycles. The maximum atomic E-state index is 11.8. The fourth-order valence-corrected chi connectivity index (χ4v) is 6.08. The molecule has 7 nitrogen and oxygen atoms in total. The van der Waals surface area contributed by atoms with Crippen molar-refractivity contribution in [2.75, 3.05) is 19.5 Å². The highest BCUT2D eigenvalue weighted by Gasteiger charge is 2.54. The van der Waals surface area contributed by atoms with E-state index in [0.717, 1.165) is 23.2 Å². The predicted molar refractivity (Wildman–Crippen MR) is 111 cm³/mol. The molecule has 2 aromatic rings. The second kappa shape index (κ2) is 7.00. The highest BCUT2D eigenvalue weighted by Crippen LogP contribution is 2.65. The summed E-state index contributed by atoms with van der Waals surface area (Å²) in [6.45, 7) is 0. The van der Waals surface area contributed by atoms with E-state index in [2.05, 4.69) is 5.32 Å². The first-order chi connectivity index (χ1) is 14.5. The number of esters is 1. The van der Waals surface area contributed by atoms with Gasteiger partial charge in [-0.25, -0.2) is 4.79 Å². The van der Waals surface area contributed by atoms with Crippen molar-refractivity contribution in [2.24, 2.45) is 17.8 Å². The van der Waals surface area contributed by atoms with Gasteiger partial charge in [0.1, 0.15) is 5.75 Å². The molecule has 2 aromatic carbocycles. The summed E-state index contributed by atoms with van der Waals surface area (Å²) in [7, 11) is 2.93. The molecule has 3 aliphatic rings. The van der Waals surface area contributed by atoms with Gasteiger partial charge in [-0.15, -0.1) is 0 Å². The number of ether oxygens (including phenoxy) is 2. The van der Waals surface area contributed by atoms with Gasteiger partial charge in [-0.2, -0.15) is 0 Å². The third-order valence-electron chi connectivity index (χ3n) is 7.26. The van der Waals surface area contributed by atoms with Crippen LogP contribution in [0.15, 0.2) is 36.4 Å². The summed E-state index contributed by atoms with van der Waals surface area (Å²) < 4.78 is 10.4. The third kappa shape index (κ3) is 2.75. The van der Waals surface area contributed by atoms with Gasteiger partial charge in [0.15, 0.2) is 0 Å². The van der Waals surface area contributed by atoms with Crippen LogP contribution in [0, 0.1) is 27.9 Å². The number of hydrogen-bond donors (Lipinski definition) is 1. The number of nitro benzene ring substituents is 1. The minimum Gasteiger partial charge on any atom is -0.494 e. The number of nitrogens with one attached hydrogen (secondary N) is 1. The highest BCUT2D eigenvalue weighted by atomic mass is 16.6. The maximum Gasteiger partial charge on any atom is 0.337 e. The van der Waals surface area contributed by atoms with E-state index in [1.165, 1.54) is 26.0 Å². The minimum atomic E-state index is -0.352. The first kappa shape index (κ1) is 18.9. The van der Waals surface area contributed by atoms with Crippen molar-refractivity contribution < 1.29 is 19.2 Å². The minimum absolute atomic E-state index is 0.0693. The number of fused-ring (bicyclic) bond motifs is 7. The molecule has 2 aliphatic carbocycles. The number of anilines is 1. The van der Waals surface area contributed by atoms with Crippen LogP contribution >= 0.6 is 0 Å². The summed E-state index contributed by atoms with van der Waals surface area (Å²) in [5.41, 5.74) is 3.58. The molecule has 0 unspecified atom stereocenters. The number of hydrogen-bond acceptors (Lipinski definition) is 6. The summed E-state index contributed by atoms with van der Waals surface area (Å²) >= 11 is 0. The van der Waals surface area contributed by atoms with E-state index in [9.17, 15) is 14.9 Å². The van der Waals surface area contributed by atoms with Gasteiger partial charge in [-0.3, -0.25) is 10.1 Å². The molecule has 30 heavy (non-hydrogen) atoms. The molecule has 0 radical (unpaired) electrons. The Labute approximate surface area is 174 Å². The van der Waals surface area contributed by atoms with Gasteiger partial charge < -0.3 is 14.8 Å². The van der Waals surface area contributed by atoms with Crippen LogP contribution in [0.5, 0.6) is 5.75 Å². The number of carbonyl (C=O) groups excluding carboxylic acids is 1. The van der Waals surface area contributed by atoms with Crippen molar-refractivity contribution in [1.82, 2.24) is 0 Å². The predicted octanol–water partition coefficient (Wildman–Crippen LogP) is 4.69. The topological polar surface area (TPSA) is 90.7 Å². The molecule has 2 saturated carbocycles.